The number of aryl methyl sites for hydroxylation is 2. The Morgan fingerprint density at radius 1 is 1.16 bits per heavy atom. The van der Waals surface area contributed by atoms with Crippen molar-refractivity contribution in [1.29, 1.82) is 0 Å². The van der Waals surface area contributed by atoms with Gasteiger partial charge < -0.3 is 10.5 Å². The first-order chi connectivity index (χ1) is 9.08. The molecule has 0 aliphatic carbocycles. The fourth-order valence-corrected chi connectivity index (χ4v) is 2.07. The minimum absolute atomic E-state index is 0.239. The number of ether oxygens (including phenoxy) is 1. The van der Waals surface area contributed by atoms with Gasteiger partial charge in [-0.3, -0.25) is 0 Å². The molecule has 2 rings (SSSR count). The molecule has 0 aromatic heterocycles. The highest BCUT2D eigenvalue weighted by molar-refractivity contribution is 5.33. The smallest absolute Gasteiger partial charge is 0.165 e. The van der Waals surface area contributed by atoms with Crippen molar-refractivity contribution in [2.24, 2.45) is 5.73 Å². The minimum Gasteiger partial charge on any atom is -0.489 e. The lowest BCUT2D eigenvalue weighted by Crippen LogP contribution is -2.20. The molecule has 0 saturated carbocycles. The molecule has 2 N–H and O–H groups in total. The highest BCUT2D eigenvalue weighted by Gasteiger charge is 2.11. The van der Waals surface area contributed by atoms with E-state index in [2.05, 4.69) is 6.07 Å². The predicted octanol–water partition coefficient (Wildman–Crippen LogP) is 3.52. The van der Waals surface area contributed by atoms with Crippen molar-refractivity contribution in [3.8, 4) is 5.75 Å². The van der Waals surface area contributed by atoms with Crippen molar-refractivity contribution in [3.63, 3.8) is 0 Å². The standard InChI is InChI=1S/C16H18FNO/c1-11-7-8-13(12(2)9-11)15(18)10-19-16-6-4-3-5-14(16)17/h3-9,15H,10,18H2,1-2H3. The molecular weight excluding hydrogens is 241 g/mol. The van der Waals surface area contributed by atoms with Crippen LogP contribution in [0.1, 0.15) is 22.7 Å². The van der Waals surface area contributed by atoms with Crippen molar-refractivity contribution in [1.82, 2.24) is 0 Å². The first kappa shape index (κ1) is 13.6. The summed E-state index contributed by atoms with van der Waals surface area (Å²) in [6.45, 7) is 4.31. The van der Waals surface area contributed by atoms with E-state index in [1.807, 2.05) is 26.0 Å². The van der Waals surface area contributed by atoms with E-state index >= 15 is 0 Å². The Bertz CT molecular complexity index is 568. The van der Waals surface area contributed by atoms with E-state index < -0.39 is 0 Å². The molecule has 2 nitrogen and oxygen atoms in total. The van der Waals surface area contributed by atoms with Gasteiger partial charge in [-0.1, -0.05) is 35.9 Å². The molecule has 0 bridgehead atoms. The molecule has 1 unspecified atom stereocenters. The summed E-state index contributed by atoms with van der Waals surface area (Å²) in [5.41, 5.74) is 9.45. The van der Waals surface area contributed by atoms with E-state index in [9.17, 15) is 4.39 Å². The van der Waals surface area contributed by atoms with Gasteiger partial charge in [0.05, 0.1) is 6.04 Å². The van der Waals surface area contributed by atoms with Gasteiger partial charge in [0.2, 0.25) is 0 Å². The van der Waals surface area contributed by atoms with E-state index in [4.69, 9.17) is 10.5 Å². The van der Waals surface area contributed by atoms with Crippen LogP contribution in [0.4, 0.5) is 4.39 Å². The quantitative estimate of drug-likeness (QED) is 0.911. The molecule has 2 aromatic rings. The zero-order chi connectivity index (χ0) is 13.8. The maximum atomic E-state index is 13.4. The number of hydrogen-bond donors (Lipinski definition) is 1. The zero-order valence-electron chi connectivity index (χ0n) is 11.2. The van der Waals surface area contributed by atoms with Gasteiger partial charge >= 0.3 is 0 Å². The van der Waals surface area contributed by atoms with Crippen LogP contribution >= 0.6 is 0 Å². The third-order valence-electron chi connectivity index (χ3n) is 3.08. The van der Waals surface area contributed by atoms with E-state index in [0.29, 0.717) is 0 Å². The Hall–Kier alpha value is -1.87. The van der Waals surface area contributed by atoms with Crippen LogP contribution in [0.15, 0.2) is 42.5 Å². The van der Waals surface area contributed by atoms with Gasteiger partial charge in [-0.2, -0.15) is 0 Å². The topological polar surface area (TPSA) is 35.2 Å². The van der Waals surface area contributed by atoms with Gasteiger partial charge in [0.1, 0.15) is 6.61 Å². The van der Waals surface area contributed by atoms with Crippen LogP contribution in [-0.4, -0.2) is 6.61 Å². The van der Waals surface area contributed by atoms with E-state index in [-0.39, 0.29) is 24.2 Å². The molecule has 1 atom stereocenters. The van der Waals surface area contributed by atoms with Crippen LogP contribution in [0.3, 0.4) is 0 Å². The Morgan fingerprint density at radius 2 is 1.89 bits per heavy atom. The van der Waals surface area contributed by atoms with Crippen molar-refractivity contribution in [3.05, 3.63) is 65.0 Å². The lowest BCUT2D eigenvalue weighted by atomic mass is 10.0. The average Bonchev–Trinajstić information content (AvgIpc) is 2.37. The molecule has 0 spiro atoms. The fraction of sp³-hybridized carbons (Fsp3) is 0.250. The fourth-order valence-electron chi connectivity index (χ4n) is 2.07. The Labute approximate surface area is 113 Å². The van der Waals surface area contributed by atoms with Crippen LogP contribution in [0, 0.1) is 19.7 Å². The molecule has 2 aromatic carbocycles. The van der Waals surface area contributed by atoms with Gasteiger partial charge in [-0.25, -0.2) is 4.39 Å². The molecule has 0 amide bonds. The first-order valence-electron chi connectivity index (χ1n) is 6.28. The van der Waals surface area contributed by atoms with Crippen molar-refractivity contribution in [2.75, 3.05) is 6.61 Å². The molecule has 3 heteroatoms. The molecule has 0 saturated heterocycles. The second-order valence-corrected chi connectivity index (χ2v) is 4.71. The van der Waals surface area contributed by atoms with Gasteiger partial charge in [0.15, 0.2) is 11.6 Å². The summed E-state index contributed by atoms with van der Waals surface area (Å²) in [6.07, 6.45) is 0. The largest absolute Gasteiger partial charge is 0.489 e. The van der Waals surface area contributed by atoms with Gasteiger partial charge in [0, 0.05) is 0 Å². The van der Waals surface area contributed by atoms with Crippen LogP contribution in [0.25, 0.3) is 0 Å². The molecule has 0 aliphatic heterocycles. The maximum Gasteiger partial charge on any atom is 0.165 e. The zero-order valence-corrected chi connectivity index (χ0v) is 11.2. The second-order valence-electron chi connectivity index (χ2n) is 4.71. The Balaban J connectivity index is 2.05. The summed E-state index contributed by atoms with van der Waals surface area (Å²) >= 11 is 0. The lowest BCUT2D eigenvalue weighted by Gasteiger charge is -2.16. The molecule has 0 fully saturated rings. The molecule has 0 radical (unpaired) electrons. The summed E-state index contributed by atoms with van der Waals surface area (Å²) in [7, 11) is 0. The number of nitrogens with two attached hydrogens (primary N) is 1. The summed E-state index contributed by atoms with van der Waals surface area (Å²) in [6, 6.07) is 12.2. The van der Waals surface area contributed by atoms with Gasteiger partial charge in [0.25, 0.3) is 0 Å². The number of rotatable bonds is 4. The number of halogens is 1. The summed E-state index contributed by atoms with van der Waals surface area (Å²) in [5, 5.41) is 0. The Kier molecular flexibility index (Phi) is 4.17. The molecule has 100 valence electrons. The van der Waals surface area contributed by atoms with Crippen LogP contribution in [0.2, 0.25) is 0 Å². The number of benzene rings is 2. The van der Waals surface area contributed by atoms with Crippen molar-refractivity contribution in [2.45, 2.75) is 19.9 Å². The number of hydrogen-bond acceptors (Lipinski definition) is 2. The SMILES string of the molecule is Cc1ccc(C(N)COc2ccccc2F)c(C)c1. The highest BCUT2D eigenvalue weighted by Crippen LogP contribution is 2.20. The van der Waals surface area contributed by atoms with E-state index in [0.717, 1.165) is 11.1 Å². The predicted molar refractivity (Wildman–Crippen MR) is 74.7 cm³/mol. The maximum absolute atomic E-state index is 13.4. The van der Waals surface area contributed by atoms with Crippen LogP contribution in [-0.2, 0) is 0 Å². The highest BCUT2D eigenvalue weighted by atomic mass is 19.1. The number of para-hydroxylation sites is 1. The minimum atomic E-state index is -0.365. The Morgan fingerprint density at radius 3 is 2.58 bits per heavy atom. The summed E-state index contributed by atoms with van der Waals surface area (Å²) in [5.74, 6) is -0.127. The molecular formula is C16H18FNO. The molecule has 0 heterocycles. The summed E-state index contributed by atoms with van der Waals surface area (Å²) < 4.78 is 18.8. The lowest BCUT2D eigenvalue weighted by molar-refractivity contribution is 0.277. The monoisotopic (exact) mass is 259 g/mol. The van der Waals surface area contributed by atoms with Crippen LogP contribution in [0.5, 0.6) is 5.75 Å². The van der Waals surface area contributed by atoms with Gasteiger partial charge in [-0.05, 0) is 37.1 Å². The molecule has 0 aliphatic rings. The average molecular weight is 259 g/mol. The van der Waals surface area contributed by atoms with Crippen molar-refractivity contribution >= 4 is 0 Å². The third kappa shape index (κ3) is 3.32. The van der Waals surface area contributed by atoms with Crippen molar-refractivity contribution < 1.29 is 9.13 Å². The normalized spacial score (nSPS) is 12.2. The second kappa shape index (κ2) is 5.85. The third-order valence-corrected chi connectivity index (χ3v) is 3.08. The summed E-state index contributed by atoms with van der Waals surface area (Å²) in [4.78, 5) is 0. The van der Waals surface area contributed by atoms with E-state index in [1.54, 1.807) is 18.2 Å². The van der Waals surface area contributed by atoms with E-state index in [1.165, 1.54) is 11.6 Å². The first-order valence-corrected chi connectivity index (χ1v) is 6.28. The van der Waals surface area contributed by atoms with Crippen LogP contribution < -0.4 is 10.5 Å². The van der Waals surface area contributed by atoms with Gasteiger partial charge in [-0.15, -0.1) is 0 Å². The molecule has 19 heavy (non-hydrogen) atoms.